The van der Waals surface area contributed by atoms with Crippen molar-refractivity contribution in [1.82, 2.24) is 5.32 Å². The third-order valence-corrected chi connectivity index (χ3v) is 7.79. The van der Waals surface area contributed by atoms with Gasteiger partial charge in [-0.05, 0) is 65.3 Å². The van der Waals surface area contributed by atoms with Gasteiger partial charge in [0.2, 0.25) is 5.91 Å². The molecule has 0 saturated carbocycles. The van der Waals surface area contributed by atoms with Crippen LogP contribution in [0.4, 0.5) is 5.69 Å². The topological polar surface area (TPSA) is 66.5 Å². The molecule has 180 valence electrons. The van der Waals surface area contributed by atoms with Crippen LogP contribution in [0.1, 0.15) is 55.9 Å². The van der Waals surface area contributed by atoms with E-state index in [2.05, 4.69) is 51.2 Å². The summed E-state index contributed by atoms with van der Waals surface area (Å²) in [6.45, 7) is 8.41. The highest BCUT2D eigenvalue weighted by atomic mass is 32.2. The molecule has 3 rings (SSSR count). The van der Waals surface area contributed by atoms with E-state index in [1.807, 2.05) is 12.1 Å². The zero-order chi connectivity index (χ0) is 24.7. The smallest absolute Gasteiger partial charge is 0.264 e. The number of nitrogens with zero attached hydrogens (tertiary/aromatic N) is 1. The Kier molecular flexibility index (Phi) is 8.51. The van der Waals surface area contributed by atoms with E-state index in [-0.39, 0.29) is 17.3 Å². The number of nitrogens with one attached hydrogen (secondary N) is 1. The van der Waals surface area contributed by atoms with Crippen LogP contribution in [-0.4, -0.2) is 20.9 Å². The van der Waals surface area contributed by atoms with Crippen LogP contribution in [0.15, 0.2) is 77.7 Å². The molecule has 3 aromatic rings. The molecule has 3 aromatic carbocycles. The first kappa shape index (κ1) is 25.5. The van der Waals surface area contributed by atoms with E-state index in [0.717, 1.165) is 24.0 Å². The van der Waals surface area contributed by atoms with Crippen molar-refractivity contribution in [2.24, 2.45) is 0 Å². The zero-order valence-corrected chi connectivity index (χ0v) is 21.2. The Morgan fingerprint density at radius 3 is 2.15 bits per heavy atom. The molecule has 0 bridgehead atoms. The third kappa shape index (κ3) is 6.06. The van der Waals surface area contributed by atoms with Gasteiger partial charge in [-0.3, -0.25) is 9.10 Å². The molecule has 0 spiro atoms. The lowest BCUT2D eigenvalue weighted by Crippen LogP contribution is -2.40. The molecule has 0 unspecified atom stereocenters. The van der Waals surface area contributed by atoms with Gasteiger partial charge >= 0.3 is 0 Å². The van der Waals surface area contributed by atoms with E-state index >= 15 is 0 Å². The number of anilines is 1. The van der Waals surface area contributed by atoms with Gasteiger partial charge in [-0.25, -0.2) is 8.42 Å². The summed E-state index contributed by atoms with van der Waals surface area (Å²) in [5.41, 5.74) is 5.02. The van der Waals surface area contributed by atoms with Gasteiger partial charge in [0, 0.05) is 6.54 Å². The van der Waals surface area contributed by atoms with Crippen LogP contribution in [-0.2, 0) is 34.2 Å². The number of rotatable bonds is 10. The van der Waals surface area contributed by atoms with Crippen LogP contribution in [0, 0.1) is 0 Å². The standard InChI is InChI=1S/C28H34N2O3S/c1-5-22-12-13-23(6-2)25(18-22)19-29-28(31)20-30(26-16-14-24(15-17-26)21(3)4)34(32,33)27-10-8-7-9-11-27/h7-18,21H,5-6,19-20H2,1-4H3,(H,29,31). The van der Waals surface area contributed by atoms with Crippen molar-refractivity contribution >= 4 is 21.6 Å². The minimum absolute atomic E-state index is 0.152. The lowest BCUT2D eigenvalue weighted by molar-refractivity contribution is -0.119. The lowest BCUT2D eigenvalue weighted by atomic mass is 10.0. The first-order chi connectivity index (χ1) is 16.3. The molecule has 1 N–H and O–H groups in total. The minimum atomic E-state index is -3.92. The third-order valence-electron chi connectivity index (χ3n) is 6.00. The molecule has 0 aromatic heterocycles. The molecule has 0 aliphatic carbocycles. The number of carbonyl (C=O) groups excluding carboxylic acids is 1. The minimum Gasteiger partial charge on any atom is -0.350 e. The van der Waals surface area contributed by atoms with Crippen molar-refractivity contribution in [3.8, 4) is 0 Å². The Bertz CT molecular complexity index is 1200. The second-order valence-corrected chi connectivity index (χ2v) is 10.5. The first-order valence-electron chi connectivity index (χ1n) is 11.8. The maximum Gasteiger partial charge on any atom is 0.264 e. The van der Waals surface area contributed by atoms with E-state index in [1.54, 1.807) is 42.5 Å². The van der Waals surface area contributed by atoms with Gasteiger partial charge in [0.1, 0.15) is 6.54 Å². The number of amides is 1. The summed E-state index contributed by atoms with van der Waals surface area (Å²) in [6, 6.07) is 21.9. The highest BCUT2D eigenvalue weighted by Crippen LogP contribution is 2.26. The first-order valence-corrected chi connectivity index (χ1v) is 13.2. The second-order valence-electron chi connectivity index (χ2n) is 8.66. The summed E-state index contributed by atoms with van der Waals surface area (Å²) >= 11 is 0. The van der Waals surface area contributed by atoms with Gasteiger partial charge in [0.05, 0.1) is 10.6 Å². The molecule has 0 fully saturated rings. The Morgan fingerprint density at radius 1 is 0.882 bits per heavy atom. The molecule has 0 radical (unpaired) electrons. The lowest BCUT2D eigenvalue weighted by Gasteiger charge is -2.24. The van der Waals surface area contributed by atoms with Gasteiger partial charge in [0.15, 0.2) is 0 Å². The predicted molar refractivity (Wildman–Crippen MR) is 139 cm³/mol. The molecule has 0 aliphatic rings. The molecule has 0 atom stereocenters. The summed E-state index contributed by atoms with van der Waals surface area (Å²) in [5, 5.41) is 2.93. The average Bonchev–Trinajstić information content (AvgIpc) is 2.86. The van der Waals surface area contributed by atoms with Crippen molar-refractivity contribution in [2.45, 2.75) is 57.9 Å². The van der Waals surface area contributed by atoms with E-state index in [0.29, 0.717) is 18.2 Å². The number of aryl methyl sites for hydroxylation is 2. The van der Waals surface area contributed by atoms with Crippen LogP contribution in [0.5, 0.6) is 0 Å². The normalized spacial score (nSPS) is 11.4. The molecular formula is C28H34N2O3S. The molecule has 5 nitrogen and oxygen atoms in total. The van der Waals surface area contributed by atoms with Gasteiger partial charge in [-0.15, -0.1) is 0 Å². The van der Waals surface area contributed by atoms with Crippen molar-refractivity contribution in [2.75, 3.05) is 10.8 Å². The summed E-state index contributed by atoms with van der Waals surface area (Å²) in [4.78, 5) is 13.1. The zero-order valence-electron chi connectivity index (χ0n) is 20.4. The number of carbonyl (C=O) groups is 1. The highest BCUT2D eigenvalue weighted by molar-refractivity contribution is 7.92. The maximum atomic E-state index is 13.5. The Morgan fingerprint density at radius 2 is 1.56 bits per heavy atom. The quantitative estimate of drug-likeness (QED) is 0.422. The molecule has 0 heterocycles. The number of hydrogen-bond acceptors (Lipinski definition) is 3. The second kappa shape index (κ2) is 11.3. The molecule has 0 aliphatic heterocycles. The Hall–Kier alpha value is -3.12. The molecular weight excluding hydrogens is 444 g/mol. The predicted octanol–water partition coefficient (Wildman–Crippen LogP) is 5.45. The fourth-order valence-electron chi connectivity index (χ4n) is 3.85. The van der Waals surface area contributed by atoms with Crippen LogP contribution in [0.2, 0.25) is 0 Å². The largest absolute Gasteiger partial charge is 0.350 e. The summed E-state index contributed by atoms with van der Waals surface area (Å²) in [6.07, 6.45) is 1.78. The SMILES string of the molecule is CCc1ccc(CC)c(CNC(=O)CN(c2ccc(C(C)C)cc2)S(=O)(=O)c2ccccc2)c1. The van der Waals surface area contributed by atoms with Gasteiger partial charge in [-0.1, -0.05) is 76.2 Å². The summed E-state index contributed by atoms with van der Waals surface area (Å²) in [7, 11) is -3.92. The molecule has 0 saturated heterocycles. The van der Waals surface area contributed by atoms with E-state index in [4.69, 9.17) is 0 Å². The molecule has 6 heteroatoms. The van der Waals surface area contributed by atoms with Gasteiger partial charge in [0.25, 0.3) is 10.0 Å². The van der Waals surface area contributed by atoms with Crippen LogP contribution in [0.3, 0.4) is 0 Å². The maximum absolute atomic E-state index is 13.5. The van der Waals surface area contributed by atoms with Crippen LogP contribution < -0.4 is 9.62 Å². The summed E-state index contributed by atoms with van der Waals surface area (Å²) in [5.74, 6) is -0.0282. The van der Waals surface area contributed by atoms with Crippen LogP contribution in [0.25, 0.3) is 0 Å². The average molecular weight is 479 g/mol. The van der Waals surface area contributed by atoms with Crippen molar-refractivity contribution < 1.29 is 13.2 Å². The van der Waals surface area contributed by atoms with Crippen LogP contribution >= 0.6 is 0 Å². The van der Waals surface area contributed by atoms with Crippen molar-refractivity contribution in [1.29, 1.82) is 0 Å². The van der Waals surface area contributed by atoms with Crippen molar-refractivity contribution in [3.63, 3.8) is 0 Å². The Labute approximate surface area is 203 Å². The molecule has 34 heavy (non-hydrogen) atoms. The Balaban J connectivity index is 1.86. The monoisotopic (exact) mass is 478 g/mol. The van der Waals surface area contributed by atoms with Gasteiger partial charge < -0.3 is 5.32 Å². The highest BCUT2D eigenvalue weighted by Gasteiger charge is 2.27. The van der Waals surface area contributed by atoms with E-state index in [1.165, 1.54) is 15.4 Å². The van der Waals surface area contributed by atoms with Gasteiger partial charge in [-0.2, -0.15) is 0 Å². The molecule has 1 amide bonds. The van der Waals surface area contributed by atoms with Crippen molar-refractivity contribution in [3.05, 3.63) is 95.1 Å². The fourth-order valence-corrected chi connectivity index (χ4v) is 5.29. The summed E-state index contributed by atoms with van der Waals surface area (Å²) < 4.78 is 28.2. The fraction of sp³-hybridized carbons (Fsp3) is 0.321. The number of hydrogen-bond donors (Lipinski definition) is 1. The van der Waals surface area contributed by atoms with E-state index < -0.39 is 10.0 Å². The van der Waals surface area contributed by atoms with E-state index in [9.17, 15) is 13.2 Å². The number of benzene rings is 3. The number of sulfonamides is 1.